The van der Waals surface area contributed by atoms with Gasteiger partial charge < -0.3 is 10.4 Å². The number of rotatable bonds is 4. The highest BCUT2D eigenvalue weighted by Crippen LogP contribution is 2.19. The Morgan fingerprint density at radius 1 is 1.41 bits per heavy atom. The van der Waals surface area contributed by atoms with Gasteiger partial charge in [-0.1, -0.05) is 29.8 Å². The van der Waals surface area contributed by atoms with Gasteiger partial charge in [0.25, 0.3) is 0 Å². The van der Waals surface area contributed by atoms with Gasteiger partial charge in [-0.3, -0.25) is 4.90 Å². The number of aliphatic hydroxyl groups is 1. The lowest BCUT2D eigenvalue weighted by molar-refractivity contribution is 0.123. The Kier molecular flexibility index (Phi) is 4.80. The van der Waals surface area contributed by atoms with E-state index in [9.17, 15) is 0 Å². The van der Waals surface area contributed by atoms with Gasteiger partial charge in [0.15, 0.2) is 0 Å². The Morgan fingerprint density at radius 3 is 3.00 bits per heavy atom. The van der Waals surface area contributed by atoms with Crippen LogP contribution in [-0.4, -0.2) is 42.3 Å². The molecule has 1 saturated heterocycles. The van der Waals surface area contributed by atoms with Gasteiger partial charge in [-0.25, -0.2) is 0 Å². The summed E-state index contributed by atoms with van der Waals surface area (Å²) in [5, 5.41) is 13.3. The molecule has 1 fully saturated rings. The van der Waals surface area contributed by atoms with Crippen molar-refractivity contribution in [1.82, 2.24) is 10.2 Å². The third-order valence-electron chi connectivity index (χ3n) is 3.27. The van der Waals surface area contributed by atoms with Gasteiger partial charge in [0.1, 0.15) is 0 Å². The summed E-state index contributed by atoms with van der Waals surface area (Å²) >= 11 is 6.18. The van der Waals surface area contributed by atoms with Gasteiger partial charge in [0.2, 0.25) is 0 Å². The van der Waals surface area contributed by atoms with E-state index in [-0.39, 0.29) is 6.61 Å². The molecule has 2 rings (SSSR count). The number of halogens is 1. The Balaban J connectivity index is 2.03. The largest absolute Gasteiger partial charge is 0.396 e. The second kappa shape index (κ2) is 6.36. The van der Waals surface area contributed by atoms with Crippen molar-refractivity contribution >= 4 is 11.6 Å². The van der Waals surface area contributed by atoms with Crippen LogP contribution in [0.5, 0.6) is 0 Å². The molecule has 0 spiro atoms. The van der Waals surface area contributed by atoms with Gasteiger partial charge in [0.05, 0.1) is 0 Å². The summed E-state index contributed by atoms with van der Waals surface area (Å²) in [6, 6.07) is 8.38. The normalized spacial score (nSPS) is 21.6. The first-order chi connectivity index (χ1) is 8.31. The van der Waals surface area contributed by atoms with Crippen molar-refractivity contribution in [2.24, 2.45) is 0 Å². The monoisotopic (exact) mass is 254 g/mol. The maximum absolute atomic E-state index is 9.08. The van der Waals surface area contributed by atoms with E-state index in [2.05, 4.69) is 16.3 Å². The number of hydrogen-bond acceptors (Lipinski definition) is 3. The minimum Gasteiger partial charge on any atom is -0.396 e. The minimum absolute atomic E-state index is 0.241. The highest BCUT2D eigenvalue weighted by molar-refractivity contribution is 6.31. The molecule has 0 saturated carbocycles. The van der Waals surface area contributed by atoms with E-state index in [1.807, 2.05) is 18.2 Å². The van der Waals surface area contributed by atoms with Crippen LogP contribution < -0.4 is 5.32 Å². The molecule has 3 nitrogen and oxygen atoms in total. The van der Waals surface area contributed by atoms with Crippen LogP contribution in [0, 0.1) is 0 Å². The van der Waals surface area contributed by atoms with Crippen LogP contribution in [0.15, 0.2) is 24.3 Å². The first-order valence-corrected chi connectivity index (χ1v) is 6.48. The van der Waals surface area contributed by atoms with Crippen LogP contribution >= 0.6 is 11.6 Å². The molecular weight excluding hydrogens is 236 g/mol. The Bertz CT molecular complexity index is 357. The van der Waals surface area contributed by atoms with Crippen LogP contribution in [0.25, 0.3) is 0 Å². The van der Waals surface area contributed by atoms with Crippen molar-refractivity contribution in [3.05, 3.63) is 34.9 Å². The first-order valence-electron chi connectivity index (χ1n) is 6.10. The molecule has 1 aromatic carbocycles. The molecule has 1 aromatic rings. The zero-order valence-electron chi connectivity index (χ0n) is 9.90. The first kappa shape index (κ1) is 12.8. The standard InChI is InChI=1S/C13H19ClN2O/c14-13-4-2-1-3-11(13)10-16-7-6-15-9-12(16)5-8-17/h1-4,12,15,17H,5-10H2/t12-/m0/s1. The van der Waals surface area contributed by atoms with Gasteiger partial charge in [0, 0.05) is 43.9 Å². The zero-order valence-corrected chi connectivity index (χ0v) is 10.7. The van der Waals surface area contributed by atoms with Crippen LogP contribution in [0.3, 0.4) is 0 Å². The number of nitrogens with one attached hydrogen (secondary N) is 1. The van der Waals surface area contributed by atoms with E-state index >= 15 is 0 Å². The zero-order chi connectivity index (χ0) is 12.1. The van der Waals surface area contributed by atoms with Crippen molar-refractivity contribution in [2.45, 2.75) is 19.0 Å². The lowest BCUT2D eigenvalue weighted by Gasteiger charge is -2.36. The van der Waals surface area contributed by atoms with Crippen LogP contribution in [0.1, 0.15) is 12.0 Å². The van der Waals surface area contributed by atoms with Crippen molar-refractivity contribution in [3.63, 3.8) is 0 Å². The van der Waals surface area contributed by atoms with Crippen molar-refractivity contribution in [2.75, 3.05) is 26.2 Å². The SMILES string of the molecule is OCC[C@H]1CNCCN1Cc1ccccc1Cl. The molecule has 0 radical (unpaired) electrons. The van der Waals surface area contributed by atoms with Crippen molar-refractivity contribution in [1.29, 1.82) is 0 Å². The predicted octanol–water partition coefficient (Wildman–Crippen LogP) is 1.50. The number of aliphatic hydroxyl groups excluding tert-OH is 1. The second-order valence-corrected chi connectivity index (χ2v) is 4.84. The topological polar surface area (TPSA) is 35.5 Å². The summed E-state index contributed by atoms with van der Waals surface area (Å²) < 4.78 is 0. The third kappa shape index (κ3) is 3.42. The van der Waals surface area contributed by atoms with E-state index in [4.69, 9.17) is 16.7 Å². The molecule has 0 bridgehead atoms. The lowest BCUT2D eigenvalue weighted by Crippen LogP contribution is -2.51. The molecule has 17 heavy (non-hydrogen) atoms. The highest BCUT2D eigenvalue weighted by atomic mass is 35.5. The van der Waals surface area contributed by atoms with E-state index in [0.29, 0.717) is 6.04 Å². The number of nitrogens with zero attached hydrogens (tertiary/aromatic N) is 1. The molecular formula is C13H19ClN2O. The van der Waals surface area contributed by atoms with Crippen molar-refractivity contribution < 1.29 is 5.11 Å². The van der Waals surface area contributed by atoms with Crippen molar-refractivity contribution in [3.8, 4) is 0 Å². The van der Waals surface area contributed by atoms with Gasteiger partial charge in [-0.05, 0) is 18.1 Å². The molecule has 0 aromatic heterocycles. The minimum atomic E-state index is 0.241. The average Bonchev–Trinajstić information content (AvgIpc) is 2.35. The summed E-state index contributed by atoms with van der Waals surface area (Å²) in [6.07, 6.45) is 0.817. The third-order valence-corrected chi connectivity index (χ3v) is 3.63. The van der Waals surface area contributed by atoms with Gasteiger partial charge in [-0.2, -0.15) is 0 Å². The van der Waals surface area contributed by atoms with E-state index in [0.717, 1.165) is 37.6 Å². The molecule has 0 unspecified atom stereocenters. The molecule has 1 aliphatic heterocycles. The smallest absolute Gasteiger partial charge is 0.0451 e. The molecule has 4 heteroatoms. The number of benzene rings is 1. The molecule has 0 aliphatic carbocycles. The number of piperazine rings is 1. The molecule has 94 valence electrons. The van der Waals surface area contributed by atoms with E-state index in [1.165, 1.54) is 5.56 Å². The molecule has 1 heterocycles. The van der Waals surface area contributed by atoms with Crippen LogP contribution in [0.4, 0.5) is 0 Å². The molecule has 2 N–H and O–H groups in total. The molecule has 1 atom stereocenters. The predicted molar refractivity (Wildman–Crippen MR) is 70.2 cm³/mol. The second-order valence-electron chi connectivity index (χ2n) is 4.43. The quantitative estimate of drug-likeness (QED) is 0.855. The van der Waals surface area contributed by atoms with Gasteiger partial charge >= 0.3 is 0 Å². The summed E-state index contributed by atoms with van der Waals surface area (Å²) in [5.74, 6) is 0. The fourth-order valence-corrected chi connectivity index (χ4v) is 2.49. The summed E-state index contributed by atoms with van der Waals surface area (Å²) in [4.78, 5) is 2.40. The number of hydrogen-bond donors (Lipinski definition) is 2. The van der Waals surface area contributed by atoms with E-state index < -0.39 is 0 Å². The molecule has 1 aliphatic rings. The maximum Gasteiger partial charge on any atom is 0.0451 e. The van der Waals surface area contributed by atoms with Crippen LogP contribution in [-0.2, 0) is 6.54 Å². The Labute approximate surface area is 107 Å². The highest BCUT2D eigenvalue weighted by Gasteiger charge is 2.21. The summed E-state index contributed by atoms with van der Waals surface area (Å²) in [6.45, 7) is 4.07. The van der Waals surface area contributed by atoms with Gasteiger partial charge in [-0.15, -0.1) is 0 Å². The average molecular weight is 255 g/mol. The summed E-state index contributed by atoms with van der Waals surface area (Å²) in [5.41, 5.74) is 1.17. The maximum atomic E-state index is 9.08. The Hall–Kier alpha value is -0.610. The Morgan fingerprint density at radius 2 is 2.24 bits per heavy atom. The fraction of sp³-hybridized carbons (Fsp3) is 0.538. The summed E-state index contributed by atoms with van der Waals surface area (Å²) in [7, 11) is 0. The van der Waals surface area contributed by atoms with Crippen LogP contribution in [0.2, 0.25) is 5.02 Å². The lowest BCUT2D eigenvalue weighted by atomic mass is 10.1. The van der Waals surface area contributed by atoms with E-state index in [1.54, 1.807) is 0 Å². The fourth-order valence-electron chi connectivity index (χ4n) is 2.29. The molecule has 0 amide bonds.